The van der Waals surface area contributed by atoms with Crippen LogP contribution in [0.5, 0.6) is 0 Å². The quantitative estimate of drug-likeness (QED) is 0.890. The fourth-order valence-corrected chi connectivity index (χ4v) is 1.93. The van der Waals surface area contributed by atoms with Gasteiger partial charge in [0, 0.05) is 18.6 Å². The van der Waals surface area contributed by atoms with Crippen molar-refractivity contribution in [1.29, 1.82) is 0 Å². The minimum absolute atomic E-state index is 0.139. The number of hydrogen-bond donors (Lipinski definition) is 2. The standard InChI is InChI=1S/C12H8Cl2N4O3/c13-6-3-7(14)8(17-5-6)4-9(19)18-11-10(12(20)21)15-1-2-16-11/h1-3,5H,4H2,(H,20,21)(H,16,18,19). The van der Waals surface area contributed by atoms with Crippen LogP contribution in [0.15, 0.2) is 24.7 Å². The van der Waals surface area contributed by atoms with Crippen LogP contribution >= 0.6 is 23.2 Å². The summed E-state index contributed by atoms with van der Waals surface area (Å²) in [7, 11) is 0. The normalized spacial score (nSPS) is 10.2. The molecule has 21 heavy (non-hydrogen) atoms. The zero-order chi connectivity index (χ0) is 15.4. The summed E-state index contributed by atoms with van der Waals surface area (Å²) in [5.41, 5.74) is -0.0275. The van der Waals surface area contributed by atoms with Crippen LogP contribution in [0.25, 0.3) is 0 Å². The Morgan fingerprint density at radius 2 is 1.90 bits per heavy atom. The smallest absolute Gasteiger partial charge is 0.358 e. The second kappa shape index (κ2) is 6.47. The maximum absolute atomic E-state index is 11.9. The van der Waals surface area contributed by atoms with Crippen LogP contribution < -0.4 is 5.32 Å². The molecule has 0 unspecified atom stereocenters. The fourth-order valence-electron chi connectivity index (χ4n) is 1.49. The Morgan fingerprint density at radius 1 is 1.19 bits per heavy atom. The van der Waals surface area contributed by atoms with Crippen molar-refractivity contribution in [2.75, 3.05) is 5.32 Å². The Hall–Kier alpha value is -2.25. The molecule has 0 saturated heterocycles. The number of halogens is 2. The number of aromatic carboxylic acids is 1. The van der Waals surface area contributed by atoms with Crippen LogP contribution in [-0.2, 0) is 11.2 Å². The molecule has 0 atom stereocenters. The highest BCUT2D eigenvalue weighted by molar-refractivity contribution is 6.34. The summed E-state index contributed by atoms with van der Waals surface area (Å²) in [4.78, 5) is 34.2. The lowest BCUT2D eigenvalue weighted by molar-refractivity contribution is -0.115. The zero-order valence-corrected chi connectivity index (χ0v) is 11.9. The van der Waals surface area contributed by atoms with Crippen molar-refractivity contribution in [3.8, 4) is 0 Å². The van der Waals surface area contributed by atoms with Gasteiger partial charge < -0.3 is 10.4 Å². The van der Waals surface area contributed by atoms with Gasteiger partial charge in [-0.2, -0.15) is 0 Å². The highest BCUT2D eigenvalue weighted by atomic mass is 35.5. The Bertz CT molecular complexity index is 709. The van der Waals surface area contributed by atoms with Gasteiger partial charge in [0.25, 0.3) is 0 Å². The number of aromatic nitrogens is 3. The number of nitrogens with zero attached hydrogens (tertiary/aromatic N) is 3. The Labute approximate surface area is 129 Å². The first-order valence-electron chi connectivity index (χ1n) is 5.61. The van der Waals surface area contributed by atoms with Crippen LogP contribution in [0.1, 0.15) is 16.2 Å². The van der Waals surface area contributed by atoms with Crippen molar-refractivity contribution in [1.82, 2.24) is 15.0 Å². The highest BCUT2D eigenvalue weighted by Crippen LogP contribution is 2.19. The van der Waals surface area contributed by atoms with Gasteiger partial charge in [0.2, 0.25) is 5.91 Å². The van der Waals surface area contributed by atoms with Crippen LogP contribution in [-0.4, -0.2) is 31.9 Å². The molecule has 2 aromatic heterocycles. The van der Waals surface area contributed by atoms with E-state index in [2.05, 4.69) is 20.3 Å². The summed E-state index contributed by atoms with van der Waals surface area (Å²) in [6.45, 7) is 0. The first-order valence-corrected chi connectivity index (χ1v) is 6.37. The molecule has 0 fully saturated rings. The van der Waals surface area contributed by atoms with Gasteiger partial charge in [0.15, 0.2) is 11.5 Å². The third-order valence-corrected chi connectivity index (χ3v) is 2.90. The lowest BCUT2D eigenvalue weighted by Gasteiger charge is -2.07. The predicted molar refractivity (Wildman–Crippen MR) is 75.6 cm³/mol. The number of carboxylic acid groups (broad SMARTS) is 1. The van der Waals surface area contributed by atoms with Gasteiger partial charge in [-0.05, 0) is 6.07 Å². The zero-order valence-electron chi connectivity index (χ0n) is 10.4. The van der Waals surface area contributed by atoms with Crippen LogP contribution in [0.2, 0.25) is 10.0 Å². The van der Waals surface area contributed by atoms with Crippen molar-refractivity contribution in [3.05, 3.63) is 46.1 Å². The minimum Gasteiger partial charge on any atom is -0.476 e. The molecular weight excluding hydrogens is 319 g/mol. The van der Waals surface area contributed by atoms with E-state index in [9.17, 15) is 9.59 Å². The summed E-state index contributed by atoms with van der Waals surface area (Å²) >= 11 is 11.6. The van der Waals surface area contributed by atoms with Gasteiger partial charge in [0.05, 0.1) is 22.2 Å². The van der Waals surface area contributed by atoms with E-state index in [1.165, 1.54) is 24.7 Å². The molecular formula is C12H8Cl2N4O3. The van der Waals surface area contributed by atoms with E-state index in [4.69, 9.17) is 28.3 Å². The molecule has 0 spiro atoms. The molecule has 1 amide bonds. The molecule has 0 saturated carbocycles. The molecule has 0 bridgehead atoms. The largest absolute Gasteiger partial charge is 0.476 e. The maximum Gasteiger partial charge on any atom is 0.358 e. The van der Waals surface area contributed by atoms with E-state index in [0.717, 1.165) is 0 Å². The van der Waals surface area contributed by atoms with E-state index in [1.54, 1.807) is 0 Å². The van der Waals surface area contributed by atoms with Gasteiger partial charge in [0.1, 0.15) is 0 Å². The molecule has 0 aliphatic heterocycles. The van der Waals surface area contributed by atoms with Crippen LogP contribution in [0, 0.1) is 0 Å². The first kappa shape index (κ1) is 15.1. The molecule has 108 valence electrons. The lowest BCUT2D eigenvalue weighted by atomic mass is 10.2. The number of rotatable bonds is 4. The van der Waals surface area contributed by atoms with E-state index in [-0.39, 0.29) is 23.0 Å². The van der Waals surface area contributed by atoms with E-state index in [0.29, 0.717) is 10.7 Å². The second-order valence-corrected chi connectivity index (χ2v) is 4.71. The number of hydrogen-bond acceptors (Lipinski definition) is 5. The van der Waals surface area contributed by atoms with Crippen molar-refractivity contribution in [2.45, 2.75) is 6.42 Å². The number of carbonyl (C=O) groups excluding carboxylic acids is 1. The molecule has 0 aromatic carbocycles. The fraction of sp³-hybridized carbons (Fsp3) is 0.0833. The SMILES string of the molecule is O=C(Cc1ncc(Cl)cc1Cl)Nc1nccnc1C(=O)O. The number of carbonyl (C=O) groups is 2. The van der Waals surface area contributed by atoms with Crippen LogP contribution in [0.3, 0.4) is 0 Å². The third-order valence-electron chi connectivity index (χ3n) is 2.37. The Morgan fingerprint density at radius 3 is 2.57 bits per heavy atom. The molecule has 0 aliphatic rings. The number of pyridine rings is 1. The van der Waals surface area contributed by atoms with Crippen molar-refractivity contribution in [3.63, 3.8) is 0 Å². The van der Waals surface area contributed by atoms with Crippen molar-refractivity contribution >= 4 is 40.9 Å². The molecule has 2 heterocycles. The molecule has 7 nitrogen and oxygen atoms in total. The topological polar surface area (TPSA) is 105 Å². The molecule has 9 heteroatoms. The lowest BCUT2D eigenvalue weighted by Crippen LogP contribution is -2.19. The summed E-state index contributed by atoms with van der Waals surface area (Å²) in [5.74, 6) is -1.95. The van der Waals surface area contributed by atoms with Gasteiger partial charge in [-0.25, -0.2) is 14.8 Å². The minimum atomic E-state index is -1.29. The summed E-state index contributed by atoms with van der Waals surface area (Å²) in [6.07, 6.45) is 3.71. The van der Waals surface area contributed by atoms with Gasteiger partial charge >= 0.3 is 5.97 Å². The predicted octanol–water partition coefficient (Wildman–Crippen LogP) is 2.06. The van der Waals surface area contributed by atoms with E-state index < -0.39 is 11.9 Å². The van der Waals surface area contributed by atoms with Crippen molar-refractivity contribution in [2.24, 2.45) is 0 Å². The first-order chi connectivity index (χ1) is 9.97. The van der Waals surface area contributed by atoms with Crippen molar-refractivity contribution < 1.29 is 14.7 Å². The second-order valence-electron chi connectivity index (χ2n) is 3.87. The third kappa shape index (κ3) is 3.87. The van der Waals surface area contributed by atoms with E-state index in [1.807, 2.05) is 0 Å². The van der Waals surface area contributed by atoms with E-state index >= 15 is 0 Å². The number of anilines is 1. The number of nitrogens with one attached hydrogen (secondary N) is 1. The maximum atomic E-state index is 11.9. The highest BCUT2D eigenvalue weighted by Gasteiger charge is 2.16. The molecule has 2 N–H and O–H groups in total. The number of amides is 1. The summed E-state index contributed by atoms with van der Waals surface area (Å²) in [6, 6.07) is 1.46. The summed E-state index contributed by atoms with van der Waals surface area (Å²) < 4.78 is 0. The average molecular weight is 327 g/mol. The van der Waals surface area contributed by atoms with Gasteiger partial charge in [-0.15, -0.1) is 0 Å². The Balaban J connectivity index is 2.14. The monoisotopic (exact) mass is 326 g/mol. The molecule has 0 aliphatic carbocycles. The average Bonchev–Trinajstić information content (AvgIpc) is 2.42. The van der Waals surface area contributed by atoms with Gasteiger partial charge in [-0.3, -0.25) is 9.78 Å². The molecule has 2 aromatic rings. The Kier molecular flexibility index (Phi) is 4.66. The summed E-state index contributed by atoms with van der Waals surface area (Å²) in [5, 5.41) is 11.9. The number of carboxylic acids is 1. The molecule has 0 radical (unpaired) electrons. The van der Waals surface area contributed by atoms with Crippen LogP contribution in [0.4, 0.5) is 5.82 Å². The van der Waals surface area contributed by atoms with Gasteiger partial charge in [-0.1, -0.05) is 23.2 Å². The molecule has 2 rings (SSSR count).